The van der Waals surface area contributed by atoms with E-state index in [0.717, 1.165) is 28.9 Å². The molecule has 0 aliphatic carbocycles. The van der Waals surface area contributed by atoms with Gasteiger partial charge in [-0.15, -0.1) is 0 Å². The molecule has 1 N–H and O–H groups in total. The molecule has 1 unspecified atom stereocenters. The highest BCUT2D eigenvalue weighted by Crippen LogP contribution is 2.33. The van der Waals surface area contributed by atoms with Gasteiger partial charge >= 0.3 is 0 Å². The summed E-state index contributed by atoms with van der Waals surface area (Å²) in [5.41, 5.74) is 2.02. The maximum Gasteiger partial charge on any atom is 0.106 e. The van der Waals surface area contributed by atoms with Crippen molar-refractivity contribution < 1.29 is 0 Å². The van der Waals surface area contributed by atoms with Gasteiger partial charge in [-0.3, -0.25) is 0 Å². The number of hydrogen-bond donors (Lipinski definition) is 1. The molecule has 1 atom stereocenters. The lowest BCUT2D eigenvalue weighted by Gasteiger charge is -2.45. The molecular formula is C16H19ClN4. The first kappa shape index (κ1) is 13.2. The zero-order valence-electron chi connectivity index (χ0n) is 11.9. The molecule has 0 spiro atoms. The van der Waals surface area contributed by atoms with Crippen LogP contribution >= 0.6 is 11.6 Å². The maximum atomic E-state index is 6.41. The van der Waals surface area contributed by atoms with Crippen molar-refractivity contribution in [2.24, 2.45) is 5.92 Å². The fraction of sp³-hybridized carbons (Fsp3) is 0.438. The minimum Gasteiger partial charge on any atom is -0.379 e. The summed E-state index contributed by atoms with van der Waals surface area (Å²) in [4.78, 5) is 2.55. The molecule has 3 fully saturated rings. The molecule has 1 aromatic heterocycles. The van der Waals surface area contributed by atoms with Crippen molar-refractivity contribution >= 4 is 17.3 Å². The fourth-order valence-corrected chi connectivity index (χ4v) is 3.86. The summed E-state index contributed by atoms with van der Waals surface area (Å²) >= 11 is 6.41. The van der Waals surface area contributed by atoms with E-state index in [1.165, 1.54) is 25.9 Å². The van der Waals surface area contributed by atoms with Crippen LogP contribution in [0.15, 0.2) is 36.7 Å². The van der Waals surface area contributed by atoms with E-state index in [1.54, 1.807) is 6.20 Å². The van der Waals surface area contributed by atoms with E-state index in [-0.39, 0.29) is 0 Å². The van der Waals surface area contributed by atoms with Gasteiger partial charge in [0.1, 0.15) is 5.69 Å². The summed E-state index contributed by atoms with van der Waals surface area (Å²) in [6.45, 7) is 3.64. The average Bonchev–Trinajstić information content (AvgIpc) is 3.02. The second-order valence-electron chi connectivity index (χ2n) is 5.98. The number of benzene rings is 1. The van der Waals surface area contributed by atoms with Gasteiger partial charge in [0, 0.05) is 25.0 Å². The first-order valence-electron chi connectivity index (χ1n) is 7.59. The van der Waals surface area contributed by atoms with E-state index in [2.05, 4.69) is 21.4 Å². The molecule has 4 heterocycles. The van der Waals surface area contributed by atoms with Crippen molar-refractivity contribution in [2.75, 3.05) is 25.0 Å². The Morgan fingerprint density at radius 2 is 2.05 bits per heavy atom. The number of aromatic nitrogens is 2. The predicted octanol–water partition coefficient (Wildman–Crippen LogP) is 3.03. The van der Waals surface area contributed by atoms with Crippen molar-refractivity contribution in [1.29, 1.82) is 0 Å². The van der Waals surface area contributed by atoms with Gasteiger partial charge in [0.05, 0.1) is 10.7 Å². The van der Waals surface area contributed by atoms with Crippen molar-refractivity contribution in [2.45, 2.75) is 18.9 Å². The molecule has 5 heteroatoms. The minimum absolute atomic E-state index is 0.514. The molecular weight excluding hydrogens is 284 g/mol. The number of rotatable bonds is 3. The second-order valence-corrected chi connectivity index (χ2v) is 6.38. The monoisotopic (exact) mass is 302 g/mol. The molecule has 3 aliphatic heterocycles. The number of para-hydroxylation sites is 1. The fourth-order valence-electron chi connectivity index (χ4n) is 3.59. The van der Waals surface area contributed by atoms with Crippen LogP contribution in [0.25, 0.3) is 5.69 Å². The molecule has 0 radical (unpaired) electrons. The molecule has 4 nitrogen and oxygen atoms in total. The van der Waals surface area contributed by atoms with Crippen LogP contribution in [0.1, 0.15) is 12.8 Å². The summed E-state index contributed by atoms with van der Waals surface area (Å²) in [6, 6.07) is 8.45. The molecule has 0 amide bonds. The van der Waals surface area contributed by atoms with Gasteiger partial charge in [-0.05, 0) is 50.0 Å². The average molecular weight is 303 g/mol. The third-order valence-corrected chi connectivity index (χ3v) is 5.02. The van der Waals surface area contributed by atoms with Crippen LogP contribution < -0.4 is 5.32 Å². The molecule has 21 heavy (non-hydrogen) atoms. The van der Waals surface area contributed by atoms with Crippen LogP contribution in [-0.2, 0) is 0 Å². The first-order chi connectivity index (χ1) is 10.3. The highest BCUT2D eigenvalue weighted by Gasteiger charge is 2.34. The van der Waals surface area contributed by atoms with Crippen LogP contribution in [0, 0.1) is 5.92 Å². The van der Waals surface area contributed by atoms with Gasteiger partial charge in [-0.1, -0.05) is 17.7 Å². The van der Waals surface area contributed by atoms with E-state index in [9.17, 15) is 0 Å². The molecule has 3 saturated heterocycles. The topological polar surface area (TPSA) is 33.1 Å². The van der Waals surface area contributed by atoms with Gasteiger partial charge in [-0.25, -0.2) is 4.68 Å². The molecule has 110 valence electrons. The zero-order valence-corrected chi connectivity index (χ0v) is 12.6. The van der Waals surface area contributed by atoms with Crippen molar-refractivity contribution in [3.8, 4) is 5.69 Å². The Labute approximate surface area is 129 Å². The number of fused-ring (bicyclic) bond motifs is 3. The van der Waals surface area contributed by atoms with E-state index < -0.39 is 0 Å². The number of piperidine rings is 3. The Bertz CT molecular complexity index is 617. The van der Waals surface area contributed by atoms with Crippen molar-refractivity contribution in [3.05, 3.63) is 41.7 Å². The highest BCUT2D eigenvalue weighted by atomic mass is 35.5. The minimum atomic E-state index is 0.514. The molecule has 2 aromatic rings. The van der Waals surface area contributed by atoms with Crippen LogP contribution in [0.4, 0.5) is 5.69 Å². The predicted molar refractivity (Wildman–Crippen MR) is 85.1 cm³/mol. The molecule has 0 saturated carbocycles. The van der Waals surface area contributed by atoms with E-state index in [1.807, 2.05) is 29.1 Å². The van der Waals surface area contributed by atoms with Crippen LogP contribution in [0.2, 0.25) is 5.02 Å². The van der Waals surface area contributed by atoms with E-state index >= 15 is 0 Å². The van der Waals surface area contributed by atoms with Crippen molar-refractivity contribution in [1.82, 2.24) is 14.7 Å². The summed E-state index contributed by atoms with van der Waals surface area (Å²) in [5.74, 6) is 0.777. The highest BCUT2D eigenvalue weighted by molar-refractivity contribution is 6.33. The smallest absolute Gasteiger partial charge is 0.106 e. The number of nitrogens with zero attached hydrogens (tertiary/aromatic N) is 3. The van der Waals surface area contributed by atoms with Gasteiger partial charge in [0.25, 0.3) is 0 Å². The molecule has 2 bridgehead atoms. The largest absolute Gasteiger partial charge is 0.379 e. The first-order valence-corrected chi connectivity index (χ1v) is 7.96. The van der Waals surface area contributed by atoms with E-state index in [4.69, 9.17) is 11.6 Å². The van der Waals surface area contributed by atoms with Crippen LogP contribution in [0.3, 0.4) is 0 Å². The second kappa shape index (κ2) is 5.35. The summed E-state index contributed by atoms with van der Waals surface area (Å²) in [7, 11) is 0. The zero-order chi connectivity index (χ0) is 14.2. The number of nitrogens with one attached hydrogen (secondary N) is 1. The Morgan fingerprint density at radius 1 is 1.19 bits per heavy atom. The molecule has 1 aromatic carbocycles. The van der Waals surface area contributed by atoms with Gasteiger partial charge < -0.3 is 10.2 Å². The SMILES string of the molecule is Clc1cccc(NC2CN3CCC2CC3)c1-n1cccn1. The number of anilines is 1. The van der Waals surface area contributed by atoms with Crippen LogP contribution in [-0.4, -0.2) is 40.4 Å². The number of hydrogen-bond acceptors (Lipinski definition) is 3. The Kier molecular flexibility index (Phi) is 3.36. The third kappa shape index (κ3) is 2.43. The Morgan fingerprint density at radius 3 is 2.71 bits per heavy atom. The summed E-state index contributed by atoms with van der Waals surface area (Å²) in [6.07, 6.45) is 6.31. The summed E-state index contributed by atoms with van der Waals surface area (Å²) in [5, 5.41) is 8.78. The number of halogens is 1. The third-order valence-electron chi connectivity index (χ3n) is 4.72. The van der Waals surface area contributed by atoms with E-state index in [0.29, 0.717) is 6.04 Å². The standard InChI is InChI=1S/C16H19ClN4/c17-13-3-1-4-14(16(13)21-8-2-7-18-21)19-15-11-20-9-5-12(15)6-10-20/h1-4,7-8,12,15,19H,5-6,9-11H2. The van der Waals surface area contributed by atoms with Gasteiger partial charge in [0.15, 0.2) is 0 Å². The quantitative estimate of drug-likeness (QED) is 0.946. The maximum absolute atomic E-state index is 6.41. The lowest BCUT2D eigenvalue weighted by Crippen LogP contribution is -2.53. The van der Waals surface area contributed by atoms with Gasteiger partial charge in [0.2, 0.25) is 0 Å². The molecule has 5 rings (SSSR count). The Balaban J connectivity index is 1.65. The lowest BCUT2D eigenvalue weighted by atomic mass is 9.84. The van der Waals surface area contributed by atoms with Crippen LogP contribution in [0.5, 0.6) is 0 Å². The normalized spacial score (nSPS) is 27.8. The molecule has 3 aliphatic rings. The van der Waals surface area contributed by atoms with Crippen molar-refractivity contribution in [3.63, 3.8) is 0 Å². The lowest BCUT2D eigenvalue weighted by molar-refractivity contribution is 0.0975. The summed E-state index contributed by atoms with van der Waals surface area (Å²) < 4.78 is 1.84. The van der Waals surface area contributed by atoms with Gasteiger partial charge in [-0.2, -0.15) is 5.10 Å². The Hall–Kier alpha value is -1.52.